The Morgan fingerprint density at radius 3 is 2.72 bits per heavy atom. The number of hydrogen-bond acceptors (Lipinski definition) is 3. The number of benzene rings is 1. The summed E-state index contributed by atoms with van der Waals surface area (Å²) < 4.78 is 2.25. The first kappa shape index (κ1) is 19.9. The largest absolute Gasteiger partial charge is 0.396 e. The van der Waals surface area contributed by atoms with Gasteiger partial charge < -0.3 is 14.6 Å². The highest BCUT2D eigenvalue weighted by Gasteiger charge is 2.31. The number of fused-ring (bicyclic) bond motifs is 1. The van der Waals surface area contributed by atoms with E-state index in [1.54, 1.807) is 0 Å². The van der Waals surface area contributed by atoms with E-state index in [0.717, 1.165) is 61.3 Å². The van der Waals surface area contributed by atoms with Crippen molar-refractivity contribution in [3.8, 4) is 0 Å². The average molecular weight is 395 g/mol. The maximum atomic E-state index is 13.1. The van der Waals surface area contributed by atoms with Gasteiger partial charge in [-0.3, -0.25) is 9.59 Å². The molecule has 0 saturated carbocycles. The van der Waals surface area contributed by atoms with Crippen molar-refractivity contribution in [2.45, 2.75) is 52.0 Å². The quantitative estimate of drug-likeness (QED) is 0.847. The lowest BCUT2D eigenvalue weighted by atomic mass is 9.91. The molecule has 1 aliphatic carbocycles. The Balaban J connectivity index is 1.64. The summed E-state index contributed by atoms with van der Waals surface area (Å²) in [7, 11) is 0. The second-order valence-electron chi connectivity index (χ2n) is 8.44. The minimum atomic E-state index is 0.0734. The van der Waals surface area contributed by atoms with E-state index >= 15 is 0 Å². The monoisotopic (exact) mass is 394 g/mol. The van der Waals surface area contributed by atoms with E-state index < -0.39 is 0 Å². The molecule has 154 valence electrons. The minimum Gasteiger partial charge on any atom is -0.396 e. The summed E-state index contributed by atoms with van der Waals surface area (Å²) in [6, 6.07) is 10.3. The molecule has 2 heterocycles. The Kier molecular flexibility index (Phi) is 5.86. The zero-order valence-electron chi connectivity index (χ0n) is 17.2. The number of aliphatic hydroxyl groups excluding tert-OH is 1. The van der Waals surface area contributed by atoms with Gasteiger partial charge in [-0.15, -0.1) is 0 Å². The lowest BCUT2D eigenvalue weighted by molar-refractivity contribution is -0.132. The topological polar surface area (TPSA) is 62.5 Å². The van der Waals surface area contributed by atoms with Gasteiger partial charge in [-0.1, -0.05) is 30.3 Å². The molecule has 1 aromatic carbocycles. The molecule has 29 heavy (non-hydrogen) atoms. The highest BCUT2D eigenvalue weighted by molar-refractivity contribution is 6.01. The maximum absolute atomic E-state index is 13.1. The van der Waals surface area contributed by atoms with Gasteiger partial charge in [-0.2, -0.15) is 0 Å². The Morgan fingerprint density at radius 2 is 1.97 bits per heavy atom. The van der Waals surface area contributed by atoms with Crippen LogP contribution in [-0.2, 0) is 24.2 Å². The van der Waals surface area contributed by atoms with E-state index in [9.17, 15) is 14.7 Å². The van der Waals surface area contributed by atoms with Gasteiger partial charge in [-0.25, -0.2) is 0 Å². The summed E-state index contributed by atoms with van der Waals surface area (Å²) in [6.45, 7) is 4.27. The Hall–Kier alpha value is -2.40. The molecule has 1 fully saturated rings. The van der Waals surface area contributed by atoms with Crippen LogP contribution < -0.4 is 0 Å². The molecule has 2 aliphatic rings. The summed E-state index contributed by atoms with van der Waals surface area (Å²) in [4.78, 5) is 27.7. The van der Waals surface area contributed by atoms with Crippen LogP contribution in [0.2, 0.25) is 0 Å². The van der Waals surface area contributed by atoms with Gasteiger partial charge in [0.1, 0.15) is 0 Å². The third kappa shape index (κ3) is 4.01. The fourth-order valence-corrected chi connectivity index (χ4v) is 4.89. The summed E-state index contributed by atoms with van der Waals surface area (Å²) in [5.74, 6) is 0.423. The Bertz CT molecular complexity index is 901. The van der Waals surface area contributed by atoms with Crippen LogP contribution in [-0.4, -0.2) is 46.0 Å². The number of likely N-dealkylation sites (tertiary alicyclic amines) is 1. The molecule has 0 radical (unpaired) electrons. The van der Waals surface area contributed by atoms with Crippen molar-refractivity contribution in [3.05, 3.63) is 58.4 Å². The summed E-state index contributed by atoms with van der Waals surface area (Å²) >= 11 is 0. The van der Waals surface area contributed by atoms with E-state index in [0.29, 0.717) is 13.0 Å². The first-order chi connectivity index (χ1) is 14.1. The number of amides is 1. The molecule has 5 nitrogen and oxygen atoms in total. The number of rotatable bonds is 5. The molecule has 2 aromatic rings. The van der Waals surface area contributed by atoms with Gasteiger partial charge in [0.15, 0.2) is 5.78 Å². The van der Waals surface area contributed by atoms with Crippen molar-refractivity contribution in [1.29, 1.82) is 0 Å². The first-order valence-corrected chi connectivity index (χ1v) is 10.7. The predicted octanol–water partition coefficient (Wildman–Crippen LogP) is 3.14. The van der Waals surface area contributed by atoms with Crippen molar-refractivity contribution in [2.75, 3.05) is 19.7 Å². The maximum Gasteiger partial charge on any atom is 0.227 e. The summed E-state index contributed by atoms with van der Waals surface area (Å²) in [5, 5.41) is 9.47. The summed E-state index contributed by atoms with van der Waals surface area (Å²) in [6.07, 6.45) is 4.52. The second-order valence-corrected chi connectivity index (χ2v) is 8.44. The van der Waals surface area contributed by atoms with Crippen molar-refractivity contribution in [1.82, 2.24) is 9.47 Å². The van der Waals surface area contributed by atoms with E-state index in [4.69, 9.17) is 0 Å². The molecule has 4 rings (SSSR count). The molecule has 0 unspecified atom stereocenters. The normalized spacial score (nSPS) is 19.3. The molecule has 1 amide bonds. The fourth-order valence-electron chi connectivity index (χ4n) is 4.89. The van der Waals surface area contributed by atoms with Crippen LogP contribution in [0.25, 0.3) is 0 Å². The molecule has 1 N–H and O–H groups in total. The van der Waals surface area contributed by atoms with Crippen LogP contribution in [0, 0.1) is 12.8 Å². The van der Waals surface area contributed by atoms with Gasteiger partial charge in [0, 0.05) is 49.6 Å². The van der Waals surface area contributed by atoms with Crippen LogP contribution in [0.5, 0.6) is 0 Å². The number of piperidine rings is 1. The zero-order chi connectivity index (χ0) is 20.4. The molecular weight excluding hydrogens is 364 g/mol. The van der Waals surface area contributed by atoms with E-state index in [1.165, 1.54) is 5.56 Å². The number of hydrogen-bond donors (Lipinski definition) is 1. The fraction of sp³-hybridized carbons (Fsp3) is 0.500. The average Bonchev–Trinajstić information content (AvgIpc) is 3.01. The molecule has 1 aliphatic heterocycles. The molecule has 5 heteroatoms. The smallest absolute Gasteiger partial charge is 0.227 e. The molecule has 1 aromatic heterocycles. The Morgan fingerprint density at radius 1 is 1.17 bits per heavy atom. The van der Waals surface area contributed by atoms with Crippen LogP contribution in [0.15, 0.2) is 30.3 Å². The van der Waals surface area contributed by atoms with E-state index in [-0.39, 0.29) is 30.6 Å². The number of aliphatic hydroxyl groups is 1. The minimum absolute atomic E-state index is 0.0734. The van der Waals surface area contributed by atoms with Gasteiger partial charge in [0.05, 0.1) is 6.42 Å². The second kappa shape index (κ2) is 8.54. The van der Waals surface area contributed by atoms with Gasteiger partial charge in [-0.05, 0) is 49.7 Å². The van der Waals surface area contributed by atoms with Crippen LogP contribution in [0.1, 0.15) is 58.6 Å². The molecule has 1 saturated heterocycles. The van der Waals surface area contributed by atoms with Crippen molar-refractivity contribution >= 4 is 11.7 Å². The van der Waals surface area contributed by atoms with Gasteiger partial charge in [0.2, 0.25) is 5.91 Å². The molecule has 0 bridgehead atoms. The Labute approximate surface area is 172 Å². The molecular formula is C24H30N2O3. The van der Waals surface area contributed by atoms with Crippen molar-refractivity contribution < 1.29 is 14.7 Å². The van der Waals surface area contributed by atoms with Crippen LogP contribution in [0.4, 0.5) is 0 Å². The van der Waals surface area contributed by atoms with Crippen LogP contribution >= 0.6 is 0 Å². The molecule has 1 atom stereocenters. The number of carbonyl (C=O) groups excluding carboxylic acids is 2. The zero-order valence-corrected chi connectivity index (χ0v) is 17.2. The van der Waals surface area contributed by atoms with Gasteiger partial charge >= 0.3 is 0 Å². The van der Waals surface area contributed by atoms with Crippen molar-refractivity contribution in [3.63, 3.8) is 0 Å². The summed E-state index contributed by atoms with van der Waals surface area (Å²) in [5.41, 5.74) is 5.05. The first-order valence-electron chi connectivity index (χ1n) is 10.7. The SMILES string of the molecule is Cc1c(CC(=O)N2CCC[C@H](CO)C2)c2c(n1Cc1ccccc1)CCCC2=O. The molecule has 0 spiro atoms. The van der Waals surface area contributed by atoms with E-state index in [2.05, 4.69) is 16.7 Å². The third-order valence-electron chi connectivity index (χ3n) is 6.50. The number of Topliss-reactive ketones (excluding diaryl/α,β-unsaturated/α-hetero) is 1. The third-order valence-corrected chi connectivity index (χ3v) is 6.50. The lowest BCUT2D eigenvalue weighted by Gasteiger charge is -2.32. The van der Waals surface area contributed by atoms with Gasteiger partial charge in [0.25, 0.3) is 0 Å². The predicted molar refractivity (Wildman–Crippen MR) is 112 cm³/mol. The standard InChI is InChI=1S/C24H30N2O3/c1-17-20(13-23(29)25-12-6-9-19(14-25)16-27)24-21(10-5-11-22(24)28)26(17)15-18-7-3-2-4-8-18/h2-4,7-8,19,27H,5-6,9-16H2,1H3/t19-/m0/s1. The van der Waals surface area contributed by atoms with E-state index in [1.807, 2.05) is 30.0 Å². The lowest BCUT2D eigenvalue weighted by Crippen LogP contribution is -2.41. The number of carbonyl (C=O) groups is 2. The highest BCUT2D eigenvalue weighted by atomic mass is 16.3. The number of ketones is 1. The van der Waals surface area contributed by atoms with Crippen molar-refractivity contribution in [2.24, 2.45) is 5.92 Å². The highest BCUT2D eigenvalue weighted by Crippen LogP contribution is 2.31. The van der Waals surface area contributed by atoms with Crippen LogP contribution in [0.3, 0.4) is 0 Å². The number of nitrogens with zero attached hydrogens (tertiary/aromatic N) is 2. The number of aromatic nitrogens is 1.